The summed E-state index contributed by atoms with van der Waals surface area (Å²) in [6, 6.07) is 8.77. The molecule has 1 aliphatic rings. The van der Waals surface area contributed by atoms with Crippen molar-refractivity contribution in [3.63, 3.8) is 0 Å². The highest BCUT2D eigenvalue weighted by atomic mass is 16.3. The number of hydrogen-bond acceptors (Lipinski definition) is 5. The van der Waals surface area contributed by atoms with Gasteiger partial charge in [-0.25, -0.2) is 4.98 Å². The first-order valence-corrected chi connectivity index (χ1v) is 10.4. The van der Waals surface area contributed by atoms with E-state index in [1.54, 1.807) is 14.0 Å². The Labute approximate surface area is 175 Å². The van der Waals surface area contributed by atoms with Gasteiger partial charge in [0.15, 0.2) is 0 Å². The Bertz CT molecular complexity index is 1120. The number of benzene rings is 1. The van der Waals surface area contributed by atoms with Gasteiger partial charge in [-0.2, -0.15) is 0 Å². The lowest BCUT2D eigenvalue weighted by Crippen LogP contribution is -2.48. The van der Waals surface area contributed by atoms with E-state index in [9.17, 15) is 9.59 Å². The zero-order chi connectivity index (χ0) is 21.4. The third-order valence-corrected chi connectivity index (χ3v) is 5.87. The van der Waals surface area contributed by atoms with Crippen molar-refractivity contribution < 1.29 is 9.21 Å². The lowest BCUT2D eigenvalue weighted by molar-refractivity contribution is 0.0628. The topological polar surface area (TPSA) is 71.6 Å². The maximum atomic E-state index is 13.2. The fraction of sp³-hybridized carbons (Fsp3) is 0.435. The van der Waals surface area contributed by atoms with Gasteiger partial charge in [-0.15, -0.1) is 0 Å². The Hall–Kier alpha value is -2.93. The molecule has 0 unspecified atom stereocenters. The van der Waals surface area contributed by atoms with Gasteiger partial charge in [0, 0.05) is 39.8 Å². The second-order valence-corrected chi connectivity index (χ2v) is 8.34. The summed E-state index contributed by atoms with van der Waals surface area (Å²) in [6.45, 7) is 9.81. The molecular formula is C23H28N4O3. The van der Waals surface area contributed by atoms with Crippen LogP contribution in [-0.4, -0.2) is 51.4 Å². The molecule has 7 nitrogen and oxygen atoms in total. The van der Waals surface area contributed by atoms with Crippen LogP contribution in [0, 0.1) is 6.92 Å². The van der Waals surface area contributed by atoms with Crippen molar-refractivity contribution in [3.8, 4) is 0 Å². The molecule has 158 valence electrons. The summed E-state index contributed by atoms with van der Waals surface area (Å²) in [5.41, 5.74) is 2.94. The lowest BCUT2D eigenvalue weighted by atomic mass is 10.0. The summed E-state index contributed by atoms with van der Waals surface area (Å²) in [5, 5.41) is 0.273. The summed E-state index contributed by atoms with van der Waals surface area (Å²) in [5.74, 6) is 0.818. The number of aromatic nitrogens is 2. The van der Waals surface area contributed by atoms with Crippen molar-refractivity contribution in [2.45, 2.75) is 33.2 Å². The van der Waals surface area contributed by atoms with E-state index in [4.69, 9.17) is 4.42 Å². The molecule has 1 amide bonds. The molecule has 1 fully saturated rings. The molecular weight excluding hydrogens is 380 g/mol. The van der Waals surface area contributed by atoms with Crippen LogP contribution in [0.15, 0.2) is 39.8 Å². The van der Waals surface area contributed by atoms with E-state index in [1.165, 1.54) is 22.0 Å². The van der Waals surface area contributed by atoms with Crippen LogP contribution in [0.4, 0.5) is 0 Å². The van der Waals surface area contributed by atoms with Gasteiger partial charge in [-0.1, -0.05) is 38.1 Å². The number of aryl methyl sites for hydroxylation is 2. The average Bonchev–Trinajstić information content (AvgIpc) is 3.08. The van der Waals surface area contributed by atoms with Gasteiger partial charge in [-0.3, -0.25) is 14.5 Å². The largest absolute Gasteiger partial charge is 0.442 e. The number of carbonyl (C=O) groups is 1. The normalized spacial score (nSPS) is 15.3. The molecule has 0 N–H and O–H groups in total. The molecule has 0 radical (unpaired) electrons. The van der Waals surface area contributed by atoms with Crippen LogP contribution >= 0.6 is 0 Å². The van der Waals surface area contributed by atoms with Crippen LogP contribution in [0.5, 0.6) is 0 Å². The van der Waals surface area contributed by atoms with Crippen molar-refractivity contribution in [1.29, 1.82) is 0 Å². The van der Waals surface area contributed by atoms with E-state index >= 15 is 0 Å². The minimum Gasteiger partial charge on any atom is -0.442 e. The molecule has 30 heavy (non-hydrogen) atoms. The SMILES string of the molecule is Cc1oc2ncn(C)c(=O)c2c1C(=O)N1CCN(Cc2ccc(C(C)C)cc2)CC1. The van der Waals surface area contributed by atoms with Gasteiger partial charge < -0.3 is 13.9 Å². The highest BCUT2D eigenvalue weighted by molar-refractivity contribution is 6.06. The number of amides is 1. The Morgan fingerprint density at radius 1 is 1.13 bits per heavy atom. The number of nitrogens with zero attached hydrogens (tertiary/aromatic N) is 4. The molecule has 0 aliphatic carbocycles. The molecule has 1 saturated heterocycles. The summed E-state index contributed by atoms with van der Waals surface area (Å²) < 4.78 is 6.96. The van der Waals surface area contributed by atoms with E-state index in [2.05, 4.69) is 48.0 Å². The number of piperazine rings is 1. The first-order valence-electron chi connectivity index (χ1n) is 10.4. The number of rotatable bonds is 4. The molecule has 3 aromatic rings. The number of furan rings is 1. The molecule has 7 heteroatoms. The molecule has 1 aromatic carbocycles. The Balaban J connectivity index is 1.45. The van der Waals surface area contributed by atoms with Gasteiger partial charge >= 0.3 is 0 Å². The van der Waals surface area contributed by atoms with E-state index in [0.29, 0.717) is 30.3 Å². The second kappa shape index (κ2) is 8.07. The van der Waals surface area contributed by atoms with Crippen molar-refractivity contribution in [2.75, 3.05) is 26.2 Å². The lowest BCUT2D eigenvalue weighted by Gasteiger charge is -2.34. The van der Waals surface area contributed by atoms with Gasteiger partial charge in [0.25, 0.3) is 11.5 Å². The Morgan fingerprint density at radius 3 is 2.43 bits per heavy atom. The summed E-state index contributed by atoms with van der Waals surface area (Å²) in [7, 11) is 1.62. The monoisotopic (exact) mass is 408 g/mol. The molecule has 0 spiro atoms. The summed E-state index contributed by atoms with van der Waals surface area (Å²) in [4.78, 5) is 34.1. The smallest absolute Gasteiger partial charge is 0.265 e. The highest BCUT2D eigenvalue weighted by Gasteiger charge is 2.28. The zero-order valence-corrected chi connectivity index (χ0v) is 18.0. The van der Waals surface area contributed by atoms with Crippen molar-refractivity contribution in [3.05, 3.63) is 63.4 Å². The quantitative estimate of drug-likeness (QED) is 0.664. The fourth-order valence-corrected chi connectivity index (χ4v) is 3.98. The van der Waals surface area contributed by atoms with E-state index in [-0.39, 0.29) is 22.6 Å². The summed E-state index contributed by atoms with van der Waals surface area (Å²) in [6.07, 6.45) is 1.41. The molecule has 0 atom stereocenters. The third-order valence-electron chi connectivity index (χ3n) is 5.87. The van der Waals surface area contributed by atoms with Crippen molar-refractivity contribution >= 4 is 17.0 Å². The van der Waals surface area contributed by atoms with Gasteiger partial charge in [0.1, 0.15) is 17.5 Å². The highest BCUT2D eigenvalue weighted by Crippen LogP contribution is 2.23. The van der Waals surface area contributed by atoms with Gasteiger partial charge in [-0.05, 0) is 24.0 Å². The standard InChI is InChI=1S/C23H28N4O3/c1-15(2)18-7-5-17(6-8-18)13-26-9-11-27(12-10-26)23(29)19-16(3)30-21-20(19)22(28)25(4)14-24-21/h5-8,14-15H,9-13H2,1-4H3. The maximum Gasteiger partial charge on any atom is 0.265 e. The molecule has 0 saturated carbocycles. The van der Waals surface area contributed by atoms with Crippen LogP contribution in [0.25, 0.3) is 11.1 Å². The third kappa shape index (κ3) is 3.77. The average molecular weight is 409 g/mol. The molecule has 4 rings (SSSR count). The van der Waals surface area contributed by atoms with Crippen LogP contribution < -0.4 is 5.56 Å². The van der Waals surface area contributed by atoms with Crippen LogP contribution in [0.2, 0.25) is 0 Å². The minimum atomic E-state index is -0.260. The predicted octanol–water partition coefficient (Wildman–Crippen LogP) is 2.92. The molecule has 2 aromatic heterocycles. The number of fused-ring (bicyclic) bond motifs is 1. The maximum absolute atomic E-state index is 13.2. The Kier molecular flexibility index (Phi) is 5.47. The van der Waals surface area contributed by atoms with E-state index < -0.39 is 0 Å². The first kappa shape index (κ1) is 20.3. The van der Waals surface area contributed by atoms with Crippen LogP contribution in [-0.2, 0) is 13.6 Å². The van der Waals surface area contributed by atoms with Crippen molar-refractivity contribution in [1.82, 2.24) is 19.4 Å². The van der Waals surface area contributed by atoms with Crippen molar-refractivity contribution in [2.24, 2.45) is 7.05 Å². The first-order chi connectivity index (χ1) is 14.3. The number of carbonyl (C=O) groups excluding carboxylic acids is 1. The molecule has 1 aliphatic heterocycles. The fourth-order valence-electron chi connectivity index (χ4n) is 3.98. The predicted molar refractivity (Wildman–Crippen MR) is 116 cm³/mol. The van der Waals surface area contributed by atoms with E-state index in [1.807, 2.05) is 4.90 Å². The van der Waals surface area contributed by atoms with Crippen LogP contribution in [0.3, 0.4) is 0 Å². The van der Waals surface area contributed by atoms with Crippen LogP contribution in [0.1, 0.15) is 47.0 Å². The minimum absolute atomic E-state index is 0.155. The van der Waals surface area contributed by atoms with Gasteiger partial charge in [0.2, 0.25) is 5.71 Å². The number of hydrogen-bond donors (Lipinski definition) is 0. The molecule has 3 heterocycles. The van der Waals surface area contributed by atoms with Gasteiger partial charge in [0.05, 0.1) is 5.56 Å². The zero-order valence-electron chi connectivity index (χ0n) is 18.0. The van der Waals surface area contributed by atoms with E-state index in [0.717, 1.165) is 19.6 Å². The second-order valence-electron chi connectivity index (χ2n) is 8.34. The Morgan fingerprint density at radius 2 is 1.80 bits per heavy atom. The molecule has 0 bridgehead atoms. The summed E-state index contributed by atoms with van der Waals surface area (Å²) >= 11 is 0.